The van der Waals surface area contributed by atoms with E-state index in [1.54, 1.807) is 45.7 Å². The summed E-state index contributed by atoms with van der Waals surface area (Å²) in [6, 6.07) is 15.6. The molecule has 0 fully saturated rings. The van der Waals surface area contributed by atoms with Gasteiger partial charge in [-0.1, -0.05) is 12.1 Å². The van der Waals surface area contributed by atoms with Gasteiger partial charge in [-0.25, -0.2) is 9.37 Å². The van der Waals surface area contributed by atoms with Gasteiger partial charge >= 0.3 is 6.18 Å². The molecule has 0 amide bonds. The van der Waals surface area contributed by atoms with Crippen molar-refractivity contribution in [2.24, 2.45) is 0 Å². The fourth-order valence-electron chi connectivity index (χ4n) is 5.50. The van der Waals surface area contributed by atoms with Gasteiger partial charge in [0.1, 0.15) is 11.6 Å². The normalized spacial score (nSPS) is 11.5. The zero-order chi connectivity index (χ0) is 33.1. The Kier molecular flexibility index (Phi) is 8.71. The molecule has 3 aromatic carbocycles. The lowest BCUT2D eigenvalue weighted by atomic mass is 9.94. The van der Waals surface area contributed by atoms with Crippen molar-refractivity contribution in [2.75, 3.05) is 7.11 Å². The number of hydrogen-bond donors (Lipinski definition) is 0. The van der Waals surface area contributed by atoms with Crippen LogP contribution in [-0.2, 0) is 19.0 Å². The Morgan fingerprint density at radius 2 is 1.38 bits per heavy atom. The molecule has 236 valence electrons. The zero-order valence-corrected chi connectivity index (χ0v) is 25.7. The molecule has 0 aliphatic carbocycles. The minimum absolute atomic E-state index is 0.233. The number of ether oxygens (including phenoxy) is 1. The maximum atomic E-state index is 16.2. The second-order valence-corrected chi connectivity index (χ2v) is 10.8. The molecule has 0 atom stereocenters. The van der Waals surface area contributed by atoms with E-state index in [1.807, 2.05) is 30.3 Å². The number of methoxy groups -OCH3 is 1. The largest absolute Gasteiger partial charge is 0.497 e. The number of alkyl halides is 3. The summed E-state index contributed by atoms with van der Waals surface area (Å²) in [4.78, 5) is 27.0. The van der Waals surface area contributed by atoms with E-state index in [-0.39, 0.29) is 22.5 Å². The number of halogens is 4. The van der Waals surface area contributed by atoms with Crippen molar-refractivity contribution in [3.63, 3.8) is 0 Å². The minimum Gasteiger partial charge on any atom is -0.497 e. The number of benzene rings is 3. The number of aryl methyl sites for hydroxylation is 4. The summed E-state index contributed by atoms with van der Waals surface area (Å²) < 4.78 is 61.7. The van der Waals surface area contributed by atoms with Crippen LogP contribution in [-0.4, -0.2) is 37.0 Å². The third-order valence-corrected chi connectivity index (χ3v) is 7.76. The molecular formula is C36H28F4N6O. The molecule has 0 spiro atoms. The van der Waals surface area contributed by atoms with Crippen molar-refractivity contribution in [3.05, 3.63) is 126 Å². The van der Waals surface area contributed by atoms with Crippen LogP contribution in [0, 0.1) is 19.7 Å². The fraction of sp³-hybridized carbons (Fsp3) is 0.167. The van der Waals surface area contributed by atoms with E-state index >= 15 is 4.39 Å². The molecular weight excluding hydrogens is 608 g/mol. The lowest BCUT2D eigenvalue weighted by Gasteiger charge is -2.16. The number of hydrogen-bond acceptors (Lipinski definition) is 7. The summed E-state index contributed by atoms with van der Waals surface area (Å²) in [6.07, 6.45) is 4.02. The summed E-state index contributed by atoms with van der Waals surface area (Å²) in [5, 5.41) is 0. The maximum Gasteiger partial charge on any atom is 0.416 e. The van der Waals surface area contributed by atoms with Crippen LogP contribution in [0.5, 0.6) is 5.75 Å². The fourth-order valence-corrected chi connectivity index (χ4v) is 5.50. The van der Waals surface area contributed by atoms with Crippen LogP contribution < -0.4 is 4.74 Å². The molecule has 6 rings (SSSR count). The van der Waals surface area contributed by atoms with E-state index in [1.165, 1.54) is 24.4 Å². The summed E-state index contributed by atoms with van der Waals surface area (Å²) in [5.41, 5.74) is 5.21. The average Bonchev–Trinajstić information content (AvgIpc) is 3.07. The lowest BCUT2D eigenvalue weighted by molar-refractivity contribution is -0.137. The molecule has 0 saturated heterocycles. The first-order valence-corrected chi connectivity index (χ1v) is 14.7. The molecule has 0 N–H and O–H groups in total. The molecule has 0 aliphatic heterocycles. The summed E-state index contributed by atoms with van der Waals surface area (Å²) >= 11 is 0. The highest BCUT2D eigenvalue weighted by Crippen LogP contribution is 2.35. The van der Waals surface area contributed by atoms with Crippen LogP contribution in [0.25, 0.3) is 45.0 Å². The first kappa shape index (κ1) is 31.4. The van der Waals surface area contributed by atoms with Gasteiger partial charge in [0.25, 0.3) is 0 Å². The van der Waals surface area contributed by atoms with Crippen molar-refractivity contribution in [1.82, 2.24) is 29.9 Å². The molecule has 0 saturated carbocycles. The highest BCUT2D eigenvalue weighted by molar-refractivity contribution is 5.73. The molecule has 11 heteroatoms. The predicted molar refractivity (Wildman–Crippen MR) is 170 cm³/mol. The molecule has 0 radical (unpaired) electrons. The first-order chi connectivity index (χ1) is 22.6. The lowest BCUT2D eigenvalue weighted by Crippen LogP contribution is -2.06. The quantitative estimate of drug-likeness (QED) is 0.155. The number of rotatable bonds is 8. The van der Waals surface area contributed by atoms with E-state index in [9.17, 15) is 13.2 Å². The van der Waals surface area contributed by atoms with Crippen molar-refractivity contribution >= 4 is 0 Å². The van der Waals surface area contributed by atoms with Gasteiger partial charge in [0, 0.05) is 47.0 Å². The van der Waals surface area contributed by atoms with Crippen molar-refractivity contribution in [2.45, 2.75) is 32.9 Å². The standard InChI is InChI=1S/C36H28F4N6O/c1-21-33(43-15-13-41-21)26-17-24(9-12-30-35(44-16-14-42-30)23-7-10-28(47-3)11-8-23)32(29(37)19-26)31-20-45-34(22(2)46-31)25-5-4-6-27(18-25)36(38,39)40/h4-8,10-11,13-20H,9,12H2,1-3H3. The second-order valence-electron chi connectivity index (χ2n) is 10.8. The van der Waals surface area contributed by atoms with E-state index in [0.717, 1.165) is 17.7 Å². The van der Waals surface area contributed by atoms with E-state index in [4.69, 9.17) is 4.74 Å². The zero-order valence-electron chi connectivity index (χ0n) is 25.7. The molecule has 0 bridgehead atoms. The predicted octanol–water partition coefficient (Wildman–Crippen LogP) is 8.29. The Bertz CT molecular complexity index is 2070. The Morgan fingerprint density at radius 3 is 2.09 bits per heavy atom. The molecule has 47 heavy (non-hydrogen) atoms. The van der Waals surface area contributed by atoms with E-state index in [0.29, 0.717) is 58.2 Å². The van der Waals surface area contributed by atoms with Crippen LogP contribution >= 0.6 is 0 Å². The summed E-state index contributed by atoms with van der Waals surface area (Å²) in [6.45, 7) is 3.44. The topological polar surface area (TPSA) is 86.6 Å². The Hall–Kier alpha value is -5.58. The number of nitrogens with zero attached hydrogens (tertiary/aromatic N) is 6. The van der Waals surface area contributed by atoms with Gasteiger partial charge in [-0.2, -0.15) is 13.2 Å². The molecule has 7 nitrogen and oxygen atoms in total. The van der Waals surface area contributed by atoms with E-state index < -0.39 is 17.6 Å². The van der Waals surface area contributed by atoms with Gasteiger partial charge in [-0.15, -0.1) is 0 Å². The van der Waals surface area contributed by atoms with Gasteiger partial charge in [0.15, 0.2) is 0 Å². The third kappa shape index (κ3) is 6.69. The first-order valence-electron chi connectivity index (χ1n) is 14.7. The maximum absolute atomic E-state index is 16.2. The van der Waals surface area contributed by atoms with Gasteiger partial charge in [0.05, 0.1) is 58.7 Å². The molecule has 6 aromatic rings. The second kappa shape index (κ2) is 13.0. The van der Waals surface area contributed by atoms with E-state index in [2.05, 4.69) is 29.9 Å². The van der Waals surface area contributed by atoms with Crippen molar-refractivity contribution in [3.8, 4) is 50.8 Å². The van der Waals surface area contributed by atoms with Crippen LogP contribution in [0.3, 0.4) is 0 Å². The van der Waals surface area contributed by atoms with Crippen LogP contribution in [0.2, 0.25) is 0 Å². The highest BCUT2D eigenvalue weighted by atomic mass is 19.4. The number of aromatic nitrogens is 6. The Labute approximate surface area is 268 Å². The smallest absolute Gasteiger partial charge is 0.416 e. The Balaban J connectivity index is 1.41. The Morgan fingerprint density at radius 1 is 0.681 bits per heavy atom. The average molecular weight is 637 g/mol. The molecule has 3 aromatic heterocycles. The van der Waals surface area contributed by atoms with Crippen molar-refractivity contribution < 1.29 is 22.3 Å². The van der Waals surface area contributed by atoms with Crippen LogP contribution in [0.4, 0.5) is 17.6 Å². The molecule has 0 unspecified atom stereocenters. The summed E-state index contributed by atoms with van der Waals surface area (Å²) in [5.74, 6) is 0.170. The third-order valence-electron chi connectivity index (χ3n) is 7.76. The monoisotopic (exact) mass is 636 g/mol. The SMILES string of the molecule is COc1ccc(-c2nccnc2CCc2cc(-c3nccnc3C)cc(F)c2-c2cnc(-c3cccc(C(F)(F)F)c3)c(C)n2)cc1. The summed E-state index contributed by atoms with van der Waals surface area (Å²) in [7, 11) is 1.60. The minimum atomic E-state index is -4.51. The highest BCUT2D eigenvalue weighted by Gasteiger charge is 2.30. The van der Waals surface area contributed by atoms with Gasteiger partial charge in [-0.3, -0.25) is 24.9 Å². The molecule has 3 heterocycles. The van der Waals surface area contributed by atoms with Crippen LogP contribution in [0.1, 0.15) is 28.2 Å². The van der Waals surface area contributed by atoms with Gasteiger partial charge < -0.3 is 4.74 Å². The molecule has 0 aliphatic rings. The van der Waals surface area contributed by atoms with Crippen molar-refractivity contribution in [1.29, 1.82) is 0 Å². The van der Waals surface area contributed by atoms with Gasteiger partial charge in [0.2, 0.25) is 0 Å². The van der Waals surface area contributed by atoms with Crippen LogP contribution in [0.15, 0.2) is 91.6 Å². The van der Waals surface area contributed by atoms with Gasteiger partial charge in [-0.05, 0) is 80.8 Å².